The predicted molar refractivity (Wildman–Crippen MR) is 47.3 cm³/mol. The number of carbonyl (C=O) groups excluding carboxylic acids is 1. The molecule has 0 atom stereocenters. The second-order valence-corrected chi connectivity index (χ2v) is 2.56. The van der Waals surface area contributed by atoms with Crippen molar-refractivity contribution in [2.24, 2.45) is 11.5 Å². The average Bonchev–Trinajstić information content (AvgIpc) is 2.05. The molecule has 0 radical (unpaired) electrons. The fourth-order valence-corrected chi connectivity index (χ4v) is 0.151. The van der Waals surface area contributed by atoms with E-state index in [1.54, 1.807) is 6.92 Å². The second-order valence-electron chi connectivity index (χ2n) is 2.56. The van der Waals surface area contributed by atoms with Crippen LogP contribution >= 0.6 is 0 Å². The van der Waals surface area contributed by atoms with Crippen molar-refractivity contribution >= 4 is 17.7 Å². The number of hydrogen-bond donors (Lipinski definition) is 4. The third-order valence-corrected chi connectivity index (χ3v) is 1.28. The molecule has 0 aromatic rings. The van der Waals surface area contributed by atoms with Gasteiger partial charge < -0.3 is 21.7 Å². The zero-order valence-electron chi connectivity index (χ0n) is 7.98. The van der Waals surface area contributed by atoms with Crippen LogP contribution in [0.3, 0.4) is 0 Å². The number of nitrogens with two attached hydrogens (primary N) is 2. The third-order valence-electron chi connectivity index (χ3n) is 1.28. The van der Waals surface area contributed by atoms with Crippen molar-refractivity contribution in [3.63, 3.8) is 0 Å². The molecule has 0 rings (SSSR count). The number of hydrogen-bond acceptors (Lipinski definition) is 5. The molecule has 0 amide bonds. The van der Waals surface area contributed by atoms with Crippen molar-refractivity contribution in [1.29, 1.82) is 0 Å². The van der Waals surface area contributed by atoms with Gasteiger partial charge in [0.2, 0.25) is 5.78 Å². The second kappa shape index (κ2) is 6.06. The van der Waals surface area contributed by atoms with Gasteiger partial charge in [-0.25, -0.2) is 9.59 Å². The van der Waals surface area contributed by atoms with Crippen LogP contribution in [-0.2, 0) is 14.4 Å². The van der Waals surface area contributed by atoms with Gasteiger partial charge in [-0.2, -0.15) is 0 Å². The molecular formula is C7H14N2O5. The number of ketones is 1. The lowest BCUT2D eigenvalue weighted by Crippen LogP contribution is -2.55. The summed E-state index contributed by atoms with van der Waals surface area (Å²) in [6, 6.07) is 0. The minimum atomic E-state index is -1.54. The molecule has 0 saturated heterocycles. The number of carbonyl (C=O) groups is 3. The molecule has 0 heterocycles. The summed E-state index contributed by atoms with van der Waals surface area (Å²) in [4.78, 5) is 28.9. The SMILES string of the molecule is CC(=O)C(=O)O.CCC(N)(N)C(=O)O. The van der Waals surface area contributed by atoms with E-state index in [0.717, 1.165) is 6.92 Å². The molecule has 0 aliphatic rings. The van der Waals surface area contributed by atoms with Crippen molar-refractivity contribution in [1.82, 2.24) is 0 Å². The van der Waals surface area contributed by atoms with Crippen LogP contribution in [0.25, 0.3) is 0 Å². The summed E-state index contributed by atoms with van der Waals surface area (Å²) in [5.41, 5.74) is 8.53. The Labute approximate surface area is 80.7 Å². The van der Waals surface area contributed by atoms with Gasteiger partial charge in [-0.3, -0.25) is 4.79 Å². The molecule has 14 heavy (non-hydrogen) atoms. The molecule has 0 unspecified atom stereocenters. The summed E-state index contributed by atoms with van der Waals surface area (Å²) >= 11 is 0. The maximum Gasteiger partial charge on any atom is 0.371 e. The number of carboxylic acids is 2. The Hall–Kier alpha value is -1.47. The van der Waals surface area contributed by atoms with E-state index in [1.165, 1.54) is 0 Å². The first kappa shape index (κ1) is 15.0. The van der Waals surface area contributed by atoms with Crippen molar-refractivity contribution in [2.45, 2.75) is 25.9 Å². The number of carboxylic acid groups (broad SMARTS) is 2. The Morgan fingerprint density at radius 1 is 1.21 bits per heavy atom. The molecule has 0 aliphatic heterocycles. The highest BCUT2D eigenvalue weighted by Crippen LogP contribution is 1.94. The summed E-state index contributed by atoms with van der Waals surface area (Å²) in [5, 5.41) is 15.8. The van der Waals surface area contributed by atoms with Gasteiger partial charge in [-0.15, -0.1) is 0 Å². The molecule has 0 bridgehead atoms. The summed E-state index contributed by atoms with van der Waals surface area (Å²) < 4.78 is 0. The highest BCUT2D eigenvalue weighted by molar-refractivity contribution is 6.31. The van der Waals surface area contributed by atoms with Gasteiger partial charge in [0.15, 0.2) is 5.66 Å². The topological polar surface area (TPSA) is 144 Å². The van der Waals surface area contributed by atoms with Crippen molar-refractivity contribution < 1.29 is 24.6 Å². The van der Waals surface area contributed by atoms with Crippen LogP contribution in [0.15, 0.2) is 0 Å². The van der Waals surface area contributed by atoms with Crippen LogP contribution in [0.1, 0.15) is 20.3 Å². The van der Waals surface area contributed by atoms with Crippen molar-refractivity contribution in [3.05, 3.63) is 0 Å². The number of aliphatic carboxylic acids is 2. The Kier molecular flexibility index (Phi) is 6.50. The molecule has 6 N–H and O–H groups in total. The molecule has 0 spiro atoms. The van der Waals surface area contributed by atoms with E-state index in [1.807, 2.05) is 0 Å². The summed E-state index contributed by atoms with van der Waals surface area (Å²) in [6.07, 6.45) is 0.238. The van der Waals surface area contributed by atoms with E-state index in [0.29, 0.717) is 0 Å². The Bertz CT molecular complexity index is 224. The standard InChI is InChI=1S/C4H10N2O2.C3H4O3/c1-2-4(5,6)3(7)8;1-2(4)3(5)6/h2,5-6H2,1H3,(H,7,8);1H3,(H,5,6). The van der Waals surface area contributed by atoms with E-state index >= 15 is 0 Å². The first-order valence-corrected chi connectivity index (χ1v) is 3.70. The molecule has 0 aromatic carbocycles. The van der Waals surface area contributed by atoms with E-state index < -0.39 is 23.4 Å². The van der Waals surface area contributed by atoms with Crippen LogP contribution in [0.2, 0.25) is 0 Å². The summed E-state index contributed by atoms with van der Waals surface area (Å²) in [7, 11) is 0. The summed E-state index contributed by atoms with van der Waals surface area (Å²) in [6.45, 7) is 2.62. The first-order chi connectivity index (χ1) is 6.15. The van der Waals surface area contributed by atoms with Gasteiger partial charge in [0, 0.05) is 6.92 Å². The van der Waals surface area contributed by atoms with Gasteiger partial charge in [0.25, 0.3) is 0 Å². The highest BCUT2D eigenvalue weighted by atomic mass is 16.4. The monoisotopic (exact) mass is 206 g/mol. The van der Waals surface area contributed by atoms with Crippen molar-refractivity contribution in [2.75, 3.05) is 0 Å². The average molecular weight is 206 g/mol. The molecule has 0 aliphatic carbocycles. The molecule has 7 heteroatoms. The highest BCUT2D eigenvalue weighted by Gasteiger charge is 2.25. The van der Waals surface area contributed by atoms with Crippen LogP contribution < -0.4 is 11.5 Å². The van der Waals surface area contributed by atoms with Gasteiger partial charge in [0.05, 0.1) is 0 Å². The van der Waals surface area contributed by atoms with Crippen LogP contribution in [-0.4, -0.2) is 33.6 Å². The molecule has 0 fully saturated rings. The van der Waals surface area contributed by atoms with Gasteiger partial charge in [-0.1, -0.05) is 6.92 Å². The lowest BCUT2D eigenvalue weighted by Gasteiger charge is -2.14. The minimum absolute atomic E-state index is 0.238. The van der Waals surface area contributed by atoms with E-state index in [4.69, 9.17) is 21.7 Å². The molecular weight excluding hydrogens is 192 g/mol. The van der Waals surface area contributed by atoms with E-state index in [2.05, 4.69) is 0 Å². The van der Waals surface area contributed by atoms with E-state index in [9.17, 15) is 14.4 Å². The molecule has 82 valence electrons. The Morgan fingerprint density at radius 3 is 1.50 bits per heavy atom. The van der Waals surface area contributed by atoms with Gasteiger partial charge >= 0.3 is 11.9 Å². The van der Waals surface area contributed by atoms with Crippen LogP contribution in [0.5, 0.6) is 0 Å². The molecule has 0 aromatic heterocycles. The largest absolute Gasteiger partial charge is 0.479 e. The van der Waals surface area contributed by atoms with Gasteiger partial charge in [0.1, 0.15) is 0 Å². The quantitative estimate of drug-likeness (QED) is 0.333. The van der Waals surface area contributed by atoms with Gasteiger partial charge in [-0.05, 0) is 6.42 Å². The third kappa shape index (κ3) is 7.19. The lowest BCUT2D eigenvalue weighted by atomic mass is 10.1. The minimum Gasteiger partial charge on any atom is -0.479 e. The van der Waals surface area contributed by atoms with Crippen LogP contribution in [0, 0.1) is 0 Å². The smallest absolute Gasteiger partial charge is 0.371 e. The zero-order chi connectivity index (χ0) is 11.9. The van der Waals surface area contributed by atoms with E-state index in [-0.39, 0.29) is 6.42 Å². The Balaban J connectivity index is 0. The number of Topliss-reactive ketones (excluding diaryl/α,β-unsaturated/α-hetero) is 1. The normalized spacial score (nSPS) is 9.71. The maximum atomic E-state index is 10.0. The number of rotatable bonds is 3. The van der Waals surface area contributed by atoms with Crippen LogP contribution in [0.4, 0.5) is 0 Å². The Morgan fingerprint density at radius 2 is 1.50 bits per heavy atom. The lowest BCUT2D eigenvalue weighted by molar-refractivity contribution is -0.148. The zero-order valence-corrected chi connectivity index (χ0v) is 7.98. The fourth-order valence-electron chi connectivity index (χ4n) is 0.151. The van der Waals surface area contributed by atoms with Crippen molar-refractivity contribution in [3.8, 4) is 0 Å². The fraction of sp³-hybridized carbons (Fsp3) is 0.571. The molecule has 7 nitrogen and oxygen atoms in total. The summed E-state index contributed by atoms with van der Waals surface area (Å²) in [5.74, 6) is -3.37. The molecule has 0 saturated carbocycles. The predicted octanol–water partition coefficient (Wildman–Crippen LogP) is -1.25. The first-order valence-electron chi connectivity index (χ1n) is 3.70. The maximum absolute atomic E-state index is 10.0.